The number of aromatic nitrogens is 1. The van der Waals surface area contributed by atoms with Crippen LogP contribution in [-0.4, -0.2) is 55.3 Å². The topological polar surface area (TPSA) is 56.4 Å². The summed E-state index contributed by atoms with van der Waals surface area (Å²) in [5.41, 5.74) is 6.03. The molecule has 1 N–H and O–H groups in total. The van der Waals surface area contributed by atoms with Crippen molar-refractivity contribution in [2.45, 2.75) is 43.5 Å². The van der Waals surface area contributed by atoms with E-state index in [0.717, 1.165) is 18.4 Å². The summed E-state index contributed by atoms with van der Waals surface area (Å²) in [7, 11) is -1.23. The van der Waals surface area contributed by atoms with Crippen molar-refractivity contribution in [3.05, 3.63) is 71.4 Å². The summed E-state index contributed by atoms with van der Waals surface area (Å²) in [5, 5.41) is 1.29. The number of likely N-dealkylation sites (tertiary alicyclic amines) is 1. The summed E-state index contributed by atoms with van der Waals surface area (Å²) in [5.74, 6) is 0. The number of nitrogens with one attached hydrogen (secondary N) is 1. The molecule has 1 saturated heterocycles. The Kier molecular flexibility index (Phi) is 5.70. The van der Waals surface area contributed by atoms with Gasteiger partial charge in [-0.3, -0.25) is 0 Å². The minimum absolute atomic E-state index is 0.371. The molecular formula is C26H31N3O2S. The van der Waals surface area contributed by atoms with Gasteiger partial charge in [0.1, 0.15) is 0 Å². The average molecular weight is 450 g/mol. The van der Waals surface area contributed by atoms with E-state index >= 15 is 0 Å². The Balaban J connectivity index is 1.36. The van der Waals surface area contributed by atoms with Crippen molar-refractivity contribution in [1.29, 1.82) is 0 Å². The Bertz CT molecular complexity index is 1260. The van der Waals surface area contributed by atoms with Crippen molar-refractivity contribution < 1.29 is 8.42 Å². The van der Waals surface area contributed by atoms with Gasteiger partial charge in [-0.2, -0.15) is 4.31 Å². The molecule has 2 aromatic carbocycles. The maximum absolute atomic E-state index is 13.0. The molecule has 0 radical (unpaired) electrons. The summed E-state index contributed by atoms with van der Waals surface area (Å²) < 4.78 is 27.6. The molecular weight excluding hydrogens is 418 g/mol. The molecule has 0 unspecified atom stereocenters. The second-order valence-electron chi connectivity index (χ2n) is 9.21. The van der Waals surface area contributed by atoms with Crippen molar-refractivity contribution in [3.8, 4) is 0 Å². The van der Waals surface area contributed by atoms with E-state index in [0.29, 0.717) is 24.0 Å². The second kappa shape index (κ2) is 8.50. The van der Waals surface area contributed by atoms with E-state index in [4.69, 9.17) is 0 Å². The van der Waals surface area contributed by atoms with Crippen molar-refractivity contribution in [2.24, 2.45) is 0 Å². The number of likely N-dealkylation sites (N-methyl/N-ethyl adjacent to an activating group) is 1. The van der Waals surface area contributed by atoms with E-state index in [9.17, 15) is 8.42 Å². The molecule has 0 aliphatic carbocycles. The Morgan fingerprint density at radius 3 is 2.59 bits per heavy atom. The van der Waals surface area contributed by atoms with Crippen LogP contribution in [-0.2, 0) is 16.4 Å². The normalized spacial score (nSPS) is 20.7. The SMILES string of the molecule is Cc1ccc(S(=O)(=O)N2CC=C(c3ccc4[nH]cc(C[C@H]5CCCN5C)c4c3)CC2)cc1. The molecule has 6 heteroatoms. The number of benzene rings is 2. The number of hydrogen-bond donors (Lipinski definition) is 1. The van der Waals surface area contributed by atoms with E-state index in [-0.39, 0.29) is 0 Å². The largest absolute Gasteiger partial charge is 0.361 e. The van der Waals surface area contributed by atoms with E-state index in [2.05, 4.69) is 47.4 Å². The third kappa shape index (κ3) is 4.03. The van der Waals surface area contributed by atoms with E-state index in [1.54, 1.807) is 16.4 Å². The van der Waals surface area contributed by atoms with Crippen LogP contribution in [0, 0.1) is 6.92 Å². The molecule has 0 bridgehead atoms. The molecule has 2 aliphatic heterocycles. The lowest BCUT2D eigenvalue weighted by Crippen LogP contribution is -2.34. The third-order valence-electron chi connectivity index (χ3n) is 7.10. The second-order valence-corrected chi connectivity index (χ2v) is 11.1. The molecule has 32 heavy (non-hydrogen) atoms. The summed E-state index contributed by atoms with van der Waals surface area (Å²) in [6.07, 6.45) is 8.57. The monoisotopic (exact) mass is 449 g/mol. The van der Waals surface area contributed by atoms with Crippen LogP contribution in [0.15, 0.2) is 59.6 Å². The van der Waals surface area contributed by atoms with Crippen LogP contribution in [0.4, 0.5) is 0 Å². The maximum atomic E-state index is 13.0. The number of rotatable bonds is 5. The summed E-state index contributed by atoms with van der Waals surface area (Å²) in [6, 6.07) is 14.3. The van der Waals surface area contributed by atoms with Crippen LogP contribution in [0.2, 0.25) is 0 Å². The van der Waals surface area contributed by atoms with Crippen LogP contribution in [0.5, 0.6) is 0 Å². The number of sulfonamides is 1. The van der Waals surface area contributed by atoms with Gasteiger partial charge in [0.25, 0.3) is 0 Å². The van der Waals surface area contributed by atoms with Crippen molar-refractivity contribution >= 4 is 26.5 Å². The van der Waals surface area contributed by atoms with Crippen LogP contribution < -0.4 is 0 Å². The number of aryl methyl sites for hydroxylation is 1. The van der Waals surface area contributed by atoms with E-state index < -0.39 is 10.0 Å². The van der Waals surface area contributed by atoms with E-state index in [1.165, 1.54) is 47.0 Å². The highest BCUT2D eigenvalue weighted by molar-refractivity contribution is 7.89. The molecule has 0 spiro atoms. The molecule has 1 fully saturated rings. The molecule has 168 valence electrons. The molecule has 5 nitrogen and oxygen atoms in total. The standard InChI is InChI=1S/C26H31N3O2S/c1-19-5-8-24(9-6-19)32(30,31)29-14-11-20(12-15-29)21-7-10-26-25(17-21)22(18-27-26)16-23-4-3-13-28(23)2/h5-11,17-18,23,27H,3-4,12-16H2,1-2H3/t23-/m1/s1. The molecule has 3 heterocycles. The van der Waals surface area contributed by atoms with Gasteiger partial charge in [0.15, 0.2) is 0 Å². The molecule has 2 aliphatic rings. The van der Waals surface area contributed by atoms with Gasteiger partial charge in [-0.15, -0.1) is 0 Å². The maximum Gasteiger partial charge on any atom is 0.243 e. The highest BCUT2D eigenvalue weighted by atomic mass is 32.2. The Morgan fingerprint density at radius 1 is 1.09 bits per heavy atom. The van der Waals surface area contributed by atoms with Gasteiger partial charge >= 0.3 is 0 Å². The zero-order valence-electron chi connectivity index (χ0n) is 18.8. The van der Waals surface area contributed by atoms with Gasteiger partial charge in [0.05, 0.1) is 4.90 Å². The van der Waals surface area contributed by atoms with E-state index in [1.807, 2.05) is 19.1 Å². The molecule has 0 saturated carbocycles. The quantitative estimate of drug-likeness (QED) is 0.620. The first-order valence-corrected chi connectivity index (χ1v) is 12.9. The summed E-state index contributed by atoms with van der Waals surface area (Å²) in [6.45, 7) is 4.07. The number of aromatic amines is 1. The molecule has 5 rings (SSSR count). The van der Waals surface area contributed by atoms with Gasteiger partial charge in [0.2, 0.25) is 10.0 Å². The zero-order valence-corrected chi connectivity index (χ0v) is 19.7. The highest BCUT2D eigenvalue weighted by Crippen LogP contribution is 2.30. The third-order valence-corrected chi connectivity index (χ3v) is 8.98. The lowest BCUT2D eigenvalue weighted by molar-refractivity contribution is 0.310. The van der Waals surface area contributed by atoms with Crippen LogP contribution in [0.25, 0.3) is 16.5 Å². The molecule has 3 aromatic rings. The summed E-state index contributed by atoms with van der Waals surface area (Å²) >= 11 is 0. The highest BCUT2D eigenvalue weighted by Gasteiger charge is 2.27. The first kappa shape index (κ1) is 21.4. The lowest BCUT2D eigenvalue weighted by Gasteiger charge is -2.26. The van der Waals surface area contributed by atoms with Gasteiger partial charge in [-0.25, -0.2) is 8.42 Å². The fourth-order valence-corrected chi connectivity index (χ4v) is 6.41. The molecule has 1 atom stereocenters. The predicted molar refractivity (Wildman–Crippen MR) is 130 cm³/mol. The Morgan fingerprint density at radius 2 is 1.91 bits per heavy atom. The van der Waals surface area contributed by atoms with Crippen molar-refractivity contribution in [1.82, 2.24) is 14.2 Å². The van der Waals surface area contributed by atoms with Gasteiger partial charge in [0, 0.05) is 36.2 Å². The van der Waals surface area contributed by atoms with Crippen LogP contribution in [0.1, 0.15) is 36.0 Å². The number of H-pyrrole nitrogens is 1. The first-order valence-electron chi connectivity index (χ1n) is 11.5. The fourth-order valence-electron chi connectivity index (χ4n) is 5.03. The Hall–Kier alpha value is -2.41. The number of nitrogens with zero attached hydrogens (tertiary/aromatic N) is 2. The fraction of sp³-hybridized carbons (Fsp3) is 0.385. The van der Waals surface area contributed by atoms with Crippen molar-refractivity contribution in [3.63, 3.8) is 0 Å². The van der Waals surface area contributed by atoms with Crippen molar-refractivity contribution in [2.75, 3.05) is 26.7 Å². The minimum atomic E-state index is -3.46. The zero-order chi connectivity index (χ0) is 22.3. The molecule has 0 amide bonds. The predicted octanol–water partition coefficient (Wildman–Crippen LogP) is 4.59. The van der Waals surface area contributed by atoms with Gasteiger partial charge in [-0.05, 0) is 87.2 Å². The van der Waals surface area contributed by atoms with Gasteiger partial charge < -0.3 is 9.88 Å². The number of hydrogen-bond acceptors (Lipinski definition) is 3. The number of fused-ring (bicyclic) bond motifs is 1. The van der Waals surface area contributed by atoms with Crippen LogP contribution in [0.3, 0.4) is 0 Å². The van der Waals surface area contributed by atoms with Crippen LogP contribution >= 0.6 is 0 Å². The summed E-state index contributed by atoms with van der Waals surface area (Å²) in [4.78, 5) is 6.27. The molecule has 1 aromatic heterocycles. The minimum Gasteiger partial charge on any atom is -0.361 e. The average Bonchev–Trinajstić information content (AvgIpc) is 3.40. The lowest BCUT2D eigenvalue weighted by atomic mass is 9.96. The Labute approximate surface area is 190 Å². The first-order chi connectivity index (χ1) is 15.4. The van der Waals surface area contributed by atoms with Gasteiger partial charge in [-0.1, -0.05) is 29.8 Å². The smallest absolute Gasteiger partial charge is 0.243 e.